The molecule has 9 heteroatoms. The van der Waals surface area contributed by atoms with Crippen LogP contribution in [0.5, 0.6) is 0 Å². The van der Waals surface area contributed by atoms with Crippen molar-refractivity contribution in [1.82, 2.24) is 9.99 Å². The molecule has 0 amide bonds. The molecule has 1 aromatic heterocycles. The quantitative estimate of drug-likeness (QED) is 0.534. The minimum Gasteiger partial charge on any atom is -0.479 e. The summed E-state index contributed by atoms with van der Waals surface area (Å²) in [5.41, 5.74) is 1.01. The van der Waals surface area contributed by atoms with Gasteiger partial charge in [-0.1, -0.05) is 52.3 Å². The molecule has 0 bridgehead atoms. The number of nitrogens with zero attached hydrogens (tertiary/aromatic N) is 4. The number of nitrogens with one attached hydrogen (secondary N) is 1. The summed E-state index contributed by atoms with van der Waals surface area (Å²) in [6.07, 6.45) is 5.86. The van der Waals surface area contributed by atoms with Gasteiger partial charge in [-0.25, -0.2) is 14.2 Å². The van der Waals surface area contributed by atoms with E-state index in [1.54, 1.807) is 5.01 Å². The van der Waals surface area contributed by atoms with Crippen molar-refractivity contribution >= 4 is 39.7 Å². The molecule has 2 aliphatic carbocycles. The van der Waals surface area contributed by atoms with Crippen LogP contribution in [0.3, 0.4) is 0 Å². The summed E-state index contributed by atoms with van der Waals surface area (Å²) in [5, 5.41) is 24.1. The lowest BCUT2D eigenvalue weighted by atomic mass is 9.75. The van der Waals surface area contributed by atoms with Crippen molar-refractivity contribution in [2.45, 2.75) is 54.7 Å². The number of hydrogen-bond donors (Lipinski definition) is 2. The molecule has 180 valence electrons. The smallest absolute Gasteiger partial charge is 0.342 e. The van der Waals surface area contributed by atoms with Crippen LogP contribution in [0.2, 0.25) is 0 Å². The van der Waals surface area contributed by atoms with E-state index in [9.17, 15) is 14.3 Å². The Morgan fingerprint density at radius 1 is 1.17 bits per heavy atom. The molecule has 2 fully saturated rings. The van der Waals surface area contributed by atoms with Crippen molar-refractivity contribution < 1.29 is 14.3 Å². The number of hydrazone groups is 1. The van der Waals surface area contributed by atoms with Crippen LogP contribution in [-0.4, -0.2) is 55.5 Å². The predicted octanol–water partition coefficient (Wildman–Crippen LogP) is 5.03. The molecule has 7 nitrogen and oxygen atoms in total. The van der Waals surface area contributed by atoms with Gasteiger partial charge in [-0.15, -0.1) is 0 Å². The molecule has 4 unspecified atom stereocenters. The van der Waals surface area contributed by atoms with Gasteiger partial charge in [0, 0.05) is 35.5 Å². The molecule has 35 heavy (non-hydrogen) atoms. The summed E-state index contributed by atoms with van der Waals surface area (Å²) < 4.78 is 14.7. The van der Waals surface area contributed by atoms with Crippen molar-refractivity contribution in [3.05, 3.63) is 54.2 Å². The largest absolute Gasteiger partial charge is 0.479 e. The van der Waals surface area contributed by atoms with Gasteiger partial charge in [0.1, 0.15) is 10.7 Å². The second kappa shape index (κ2) is 8.05. The van der Waals surface area contributed by atoms with Crippen LogP contribution in [-0.2, 0) is 4.79 Å². The van der Waals surface area contributed by atoms with E-state index in [0.29, 0.717) is 31.5 Å². The van der Waals surface area contributed by atoms with Gasteiger partial charge in [0.05, 0.1) is 11.6 Å². The Morgan fingerprint density at radius 3 is 2.54 bits per heavy atom. The minimum atomic E-state index is -2.08. The molecular formula is C26H25BrFN5O2. The summed E-state index contributed by atoms with van der Waals surface area (Å²) in [7, 11) is 0. The molecule has 4 atom stereocenters. The molecule has 0 saturated heterocycles. The van der Waals surface area contributed by atoms with E-state index < -0.39 is 17.1 Å². The normalized spacial score (nSPS) is 35.7. The monoisotopic (exact) mass is 537 g/mol. The molecular weight excluding hydrogens is 513 g/mol. The fraction of sp³-hybridized carbons (Fsp3) is 0.423. The van der Waals surface area contributed by atoms with Gasteiger partial charge in [-0.05, 0) is 43.2 Å². The van der Waals surface area contributed by atoms with E-state index in [-0.39, 0.29) is 29.2 Å². The maximum atomic E-state index is 14.7. The molecule has 2 aliphatic heterocycles. The molecule has 4 aliphatic rings. The Balaban J connectivity index is 1.23. The highest BCUT2D eigenvalue weighted by atomic mass is 79.9. The van der Waals surface area contributed by atoms with Crippen molar-refractivity contribution in [2.75, 3.05) is 0 Å². The fourth-order valence-electron chi connectivity index (χ4n) is 5.97. The Kier molecular flexibility index (Phi) is 5.18. The van der Waals surface area contributed by atoms with E-state index in [1.807, 2.05) is 54.9 Å². The van der Waals surface area contributed by atoms with Gasteiger partial charge in [0.15, 0.2) is 6.17 Å². The van der Waals surface area contributed by atoms with E-state index in [4.69, 9.17) is 10.4 Å². The van der Waals surface area contributed by atoms with E-state index in [0.717, 1.165) is 22.5 Å². The second-order valence-corrected chi connectivity index (χ2v) is 10.9. The lowest BCUT2D eigenvalue weighted by Gasteiger charge is -2.38. The zero-order valence-corrected chi connectivity index (χ0v) is 20.5. The van der Waals surface area contributed by atoms with Gasteiger partial charge in [0.2, 0.25) is 5.67 Å². The van der Waals surface area contributed by atoms with Crippen LogP contribution in [0.1, 0.15) is 43.6 Å². The summed E-state index contributed by atoms with van der Waals surface area (Å²) in [4.78, 5) is 20.7. The molecule has 6 rings (SSSR count). The lowest BCUT2D eigenvalue weighted by molar-refractivity contribution is -0.146. The number of pyridine rings is 1. The summed E-state index contributed by atoms with van der Waals surface area (Å²) in [5.74, 6) is -1.04. The number of halogens is 2. The third-order valence-corrected chi connectivity index (χ3v) is 9.09. The summed E-state index contributed by atoms with van der Waals surface area (Å²) in [6.45, 7) is 0. The Bertz CT molecular complexity index is 1240. The number of aromatic nitrogens is 1. The topological polar surface area (TPSA) is 102 Å². The van der Waals surface area contributed by atoms with Gasteiger partial charge in [0.25, 0.3) is 0 Å². The summed E-state index contributed by atoms with van der Waals surface area (Å²) in [6, 6.07) is 14.0. The molecule has 3 heterocycles. The third kappa shape index (κ3) is 3.46. The van der Waals surface area contributed by atoms with Gasteiger partial charge < -0.3 is 5.11 Å². The van der Waals surface area contributed by atoms with Crippen molar-refractivity contribution in [3.63, 3.8) is 0 Å². The number of carboxylic acid groups (broad SMARTS) is 1. The van der Waals surface area contributed by atoms with Gasteiger partial charge >= 0.3 is 5.97 Å². The highest BCUT2D eigenvalue weighted by molar-refractivity contribution is 9.10. The number of aliphatic carboxylic acids is 1. The standard InChI is InChI=1S/C26H25BrFN5O2/c27-20-21(16-8-10-25(11-9-16)14-26(25,28)24(34)35)32-23-18(13-31-33(23)22(20)29)17-6-7-19(30-12-17)15-4-2-1-3-5-15/h1-7,12-13,16,18,20,23,29H,8-11,14H2,(H,34,35). The molecule has 2 N–H and O–H groups in total. The Morgan fingerprint density at radius 2 is 1.91 bits per heavy atom. The van der Waals surface area contributed by atoms with Crippen molar-refractivity contribution in [1.29, 1.82) is 5.41 Å². The lowest BCUT2D eigenvalue weighted by Crippen LogP contribution is -2.49. The second-order valence-electron chi connectivity index (χ2n) is 10.0. The number of carboxylic acids is 1. The molecule has 1 aromatic carbocycles. The number of benzene rings is 1. The minimum absolute atomic E-state index is 0.0889. The zero-order chi connectivity index (χ0) is 24.4. The molecule has 2 saturated carbocycles. The fourth-order valence-corrected chi connectivity index (χ4v) is 6.67. The molecule has 1 spiro atoms. The number of alkyl halides is 2. The third-order valence-electron chi connectivity index (χ3n) is 8.19. The van der Waals surface area contributed by atoms with Crippen molar-refractivity contribution in [2.24, 2.45) is 21.4 Å². The molecule has 0 radical (unpaired) electrons. The van der Waals surface area contributed by atoms with Crippen molar-refractivity contribution in [3.8, 4) is 11.3 Å². The maximum Gasteiger partial charge on any atom is 0.342 e. The van der Waals surface area contributed by atoms with E-state index >= 15 is 0 Å². The van der Waals surface area contributed by atoms with Crippen LogP contribution in [0.4, 0.5) is 4.39 Å². The number of hydrogen-bond acceptors (Lipinski definition) is 5. The van der Waals surface area contributed by atoms with Gasteiger partial charge in [-0.2, -0.15) is 5.10 Å². The number of rotatable bonds is 4. The van der Waals surface area contributed by atoms with Gasteiger partial charge in [-0.3, -0.25) is 15.4 Å². The maximum absolute atomic E-state index is 14.7. The average molecular weight is 538 g/mol. The number of fused-ring (bicyclic) bond motifs is 1. The average Bonchev–Trinajstić information content (AvgIpc) is 3.24. The Labute approximate surface area is 210 Å². The predicted molar refractivity (Wildman–Crippen MR) is 135 cm³/mol. The molecule has 2 aromatic rings. The first-order valence-electron chi connectivity index (χ1n) is 11.9. The first kappa shape index (κ1) is 22.5. The summed E-state index contributed by atoms with van der Waals surface area (Å²) >= 11 is 3.64. The zero-order valence-electron chi connectivity index (χ0n) is 18.9. The van der Waals surface area contributed by atoms with Crippen LogP contribution in [0, 0.1) is 16.7 Å². The first-order valence-corrected chi connectivity index (χ1v) is 12.8. The van der Waals surface area contributed by atoms with Crippen LogP contribution < -0.4 is 0 Å². The van der Waals surface area contributed by atoms with Crippen LogP contribution >= 0.6 is 15.9 Å². The van der Waals surface area contributed by atoms with E-state index in [1.165, 1.54) is 0 Å². The van der Waals surface area contributed by atoms with E-state index in [2.05, 4.69) is 26.0 Å². The van der Waals surface area contributed by atoms with Crippen LogP contribution in [0.25, 0.3) is 11.3 Å². The highest BCUT2D eigenvalue weighted by Crippen LogP contribution is 2.67. The number of carbonyl (C=O) groups is 1. The number of amidine groups is 1. The Hall–Kier alpha value is -2.94. The highest BCUT2D eigenvalue weighted by Gasteiger charge is 2.74. The SMILES string of the molecule is N=C1C(Br)C(C2CCC3(CC2)CC3(F)C(=O)O)=NC2C(c3ccc(-c4ccccc4)nc3)C=NN12. The first-order chi connectivity index (χ1) is 16.8. The number of aliphatic imine (C=N–C) groups is 1. The van der Waals surface area contributed by atoms with Crippen LogP contribution in [0.15, 0.2) is 58.8 Å².